The first-order valence-electron chi connectivity index (χ1n) is 10.0. The highest BCUT2D eigenvalue weighted by Gasteiger charge is 2.09. The smallest absolute Gasteiger partial charge is 0.0463 e. The number of aromatic nitrogens is 1. The Labute approximate surface area is 170 Å². The van der Waals surface area contributed by atoms with Gasteiger partial charge < -0.3 is 0 Å². The van der Waals surface area contributed by atoms with Crippen LogP contribution in [-0.2, 0) is 0 Å². The van der Waals surface area contributed by atoms with Gasteiger partial charge in [0.1, 0.15) is 0 Å². The standard InChI is InChI=1S/C11H17N.2C4H10.2C2H6.2CH4/c1-8(2)10-6-5-7-12-11(10)9(3)4;2*1-4(2)3;2*1-2;;/h5-9H,1-4H3;2*4H,1-3H3;2*1-2H3;2*1H4. The molecule has 0 atom stereocenters. The molecule has 0 N–H and O–H groups in total. The lowest BCUT2D eigenvalue weighted by Gasteiger charge is -2.13. The van der Waals surface area contributed by atoms with Crippen molar-refractivity contribution in [3.05, 3.63) is 29.6 Å². The molecule has 1 aromatic heterocycles. The molecule has 26 heavy (non-hydrogen) atoms. The molecule has 0 radical (unpaired) electrons. The van der Waals surface area contributed by atoms with Gasteiger partial charge in [0.05, 0.1) is 0 Å². The molecule has 1 rings (SSSR count). The van der Waals surface area contributed by atoms with E-state index in [0.29, 0.717) is 11.8 Å². The van der Waals surface area contributed by atoms with Crippen LogP contribution in [0.15, 0.2) is 18.3 Å². The zero-order valence-electron chi connectivity index (χ0n) is 19.5. The molecular weight excluding hydrogens is 314 g/mol. The maximum atomic E-state index is 4.40. The summed E-state index contributed by atoms with van der Waals surface area (Å²) in [5.41, 5.74) is 2.63. The second-order valence-electron chi connectivity index (χ2n) is 7.25. The van der Waals surface area contributed by atoms with Crippen LogP contribution in [0.5, 0.6) is 0 Å². The van der Waals surface area contributed by atoms with Crippen molar-refractivity contribution < 1.29 is 0 Å². The summed E-state index contributed by atoms with van der Waals surface area (Å²) in [4.78, 5) is 4.40. The Hall–Kier alpha value is -0.850. The van der Waals surface area contributed by atoms with Crippen LogP contribution in [-0.4, -0.2) is 4.98 Å². The van der Waals surface area contributed by atoms with Gasteiger partial charge in [-0.05, 0) is 35.3 Å². The maximum Gasteiger partial charge on any atom is 0.0463 e. The third-order valence-corrected chi connectivity index (χ3v) is 2.04. The quantitative estimate of drug-likeness (QED) is 0.504. The minimum atomic E-state index is 0. The first-order valence-corrected chi connectivity index (χ1v) is 10.0. The maximum absolute atomic E-state index is 4.40. The molecule has 0 aliphatic rings. The van der Waals surface area contributed by atoms with Crippen LogP contribution in [0.1, 0.15) is 135 Å². The molecule has 0 saturated heterocycles. The van der Waals surface area contributed by atoms with Crippen LogP contribution in [0.4, 0.5) is 0 Å². The second-order valence-corrected chi connectivity index (χ2v) is 7.25. The summed E-state index contributed by atoms with van der Waals surface area (Å²) < 4.78 is 0. The first kappa shape index (κ1) is 40.0. The molecule has 1 aromatic rings. The SMILES string of the molecule is C.C.CC.CC.CC(C)C.CC(C)C.CC(C)c1cccnc1C(C)C. The molecule has 0 aliphatic heterocycles. The minimum absolute atomic E-state index is 0. The molecule has 0 saturated carbocycles. The van der Waals surface area contributed by atoms with E-state index in [-0.39, 0.29) is 14.9 Å². The molecule has 0 aliphatic carbocycles. The number of hydrogen-bond acceptors (Lipinski definition) is 1. The Bertz CT molecular complexity index is 286. The first-order chi connectivity index (χ1) is 11.1. The van der Waals surface area contributed by atoms with E-state index in [1.165, 1.54) is 11.3 Å². The van der Waals surface area contributed by atoms with E-state index in [1.807, 2.05) is 40.0 Å². The highest BCUT2D eigenvalue weighted by Crippen LogP contribution is 2.23. The van der Waals surface area contributed by atoms with E-state index >= 15 is 0 Å². The fraction of sp³-hybridized carbons (Fsp3) is 0.800. The Morgan fingerprint density at radius 2 is 0.923 bits per heavy atom. The van der Waals surface area contributed by atoms with Gasteiger partial charge in [-0.25, -0.2) is 0 Å². The Morgan fingerprint density at radius 1 is 0.615 bits per heavy atom. The molecular formula is C25H57N. The summed E-state index contributed by atoms with van der Waals surface area (Å²) in [6.07, 6.45) is 1.88. The van der Waals surface area contributed by atoms with E-state index in [4.69, 9.17) is 0 Å². The summed E-state index contributed by atoms with van der Waals surface area (Å²) in [5.74, 6) is 2.78. The van der Waals surface area contributed by atoms with E-state index in [0.717, 1.165) is 11.8 Å². The van der Waals surface area contributed by atoms with Crippen molar-refractivity contribution >= 4 is 0 Å². The van der Waals surface area contributed by atoms with E-state index < -0.39 is 0 Å². The molecule has 0 amide bonds. The van der Waals surface area contributed by atoms with Gasteiger partial charge in [0.2, 0.25) is 0 Å². The third kappa shape index (κ3) is 34.5. The van der Waals surface area contributed by atoms with Gasteiger partial charge in [0.25, 0.3) is 0 Å². The Balaban J connectivity index is -0.0000000607. The van der Waals surface area contributed by atoms with Crippen molar-refractivity contribution in [1.82, 2.24) is 4.98 Å². The van der Waals surface area contributed by atoms with Gasteiger partial charge in [-0.2, -0.15) is 0 Å². The summed E-state index contributed by atoms with van der Waals surface area (Å²) in [6.45, 7) is 29.8. The van der Waals surface area contributed by atoms with E-state index in [2.05, 4.69) is 80.3 Å². The average molecular weight is 372 g/mol. The van der Waals surface area contributed by atoms with Gasteiger partial charge in [0.15, 0.2) is 0 Å². The van der Waals surface area contributed by atoms with Gasteiger partial charge in [-0.3, -0.25) is 4.98 Å². The molecule has 0 unspecified atom stereocenters. The predicted molar refractivity (Wildman–Crippen MR) is 130 cm³/mol. The van der Waals surface area contributed by atoms with E-state index in [9.17, 15) is 0 Å². The molecule has 0 spiro atoms. The highest BCUT2D eigenvalue weighted by molar-refractivity contribution is 5.25. The Morgan fingerprint density at radius 3 is 1.12 bits per heavy atom. The zero-order chi connectivity index (χ0) is 20.3. The number of rotatable bonds is 2. The van der Waals surface area contributed by atoms with Gasteiger partial charge >= 0.3 is 0 Å². The summed E-state index contributed by atoms with van der Waals surface area (Å²) in [6, 6.07) is 4.19. The molecule has 0 bridgehead atoms. The van der Waals surface area contributed by atoms with Crippen molar-refractivity contribution in [2.45, 2.75) is 124 Å². The monoisotopic (exact) mass is 371 g/mol. The van der Waals surface area contributed by atoms with Crippen molar-refractivity contribution in [2.24, 2.45) is 11.8 Å². The average Bonchev–Trinajstić information content (AvgIpc) is 2.50. The fourth-order valence-corrected chi connectivity index (χ4v) is 1.40. The van der Waals surface area contributed by atoms with Gasteiger partial charge in [0, 0.05) is 11.9 Å². The molecule has 1 heterocycles. The lowest BCUT2D eigenvalue weighted by atomic mass is 9.96. The molecule has 162 valence electrons. The Kier molecular flexibility index (Phi) is 44.5. The minimum Gasteiger partial charge on any atom is -0.261 e. The lowest BCUT2D eigenvalue weighted by molar-refractivity contribution is 0.736. The van der Waals surface area contributed by atoms with Crippen LogP contribution >= 0.6 is 0 Å². The predicted octanol–water partition coefficient (Wildman–Crippen LogP) is 9.98. The van der Waals surface area contributed by atoms with E-state index in [1.54, 1.807) is 0 Å². The normalized spacial score (nSPS) is 8.38. The van der Waals surface area contributed by atoms with Crippen molar-refractivity contribution in [1.29, 1.82) is 0 Å². The number of pyridine rings is 1. The third-order valence-electron chi connectivity index (χ3n) is 2.04. The highest BCUT2D eigenvalue weighted by atomic mass is 14.7. The van der Waals surface area contributed by atoms with Crippen molar-refractivity contribution in [3.8, 4) is 0 Å². The summed E-state index contributed by atoms with van der Waals surface area (Å²) in [5, 5.41) is 0. The summed E-state index contributed by atoms with van der Waals surface area (Å²) >= 11 is 0. The van der Waals surface area contributed by atoms with Crippen LogP contribution in [0, 0.1) is 11.8 Å². The molecule has 1 heteroatoms. The van der Waals surface area contributed by atoms with Gasteiger partial charge in [-0.1, -0.05) is 118 Å². The largest absolute Gasteiger partial charge is 0.261 e. The second kappa shape index (κ2) is 28.9. The van der Waals surface area contributed by atoms with Crippen molar-refractivity contribution in [2.75, 3.05) is 0 Å². The van der Waals surface area contributed by atoms with Crippen LogP contribution < -0.4 is 0 Å². The molecule has 0 fully saturated rings. The topological polar surface area (TPSA) is 12.9 Å². The van der Waals surface area contributed by atoms with Crippen LogP contribution in [0.2, 0.25) is 0 Å². The zero-order valence-corrected chi connectivity index (χ0v) is 19.5. The lowest BCUT2D eigenvalue weighted by Crippen LogP contribution is -2.00. The number of nitrogens with zero attached hydrogens (tertiary/aromatic N) is 1. The molecule has 0 aromatic carbocycles. The van der Waals surface area contributed by atoms with Gasteiger partial charge in [-0.15, -0.1) is 0 Å². The number of hydrogen-bond donors (Lipinski definition) is 0. The molecule has 1 nitrogen and oxygen atoms in total. The van der Waals surface area contributed by atoms with Crippen LogP contribution in [0.25, 0.3) is 0 Å². The summed E-state index contributed by atoms with van der Waals surface area (Å²) in [7, 11) is 0. The fourth-order valence-electron chi connectivity index (χ4n) is 1.40. The van der Waals surface area contributed by atoms with Crippen LogP contribution in [0.3, 0.4) is 0 Å². The van der Waals surface area contributed by atoms with Crippen molar-refractivity contribution in [3.63, 3.8) is 0 Å².